The number of Topliss-reactive ketones (excluding diaryl/α,β-unsaturated/α-hetero) is 1. The van der Waals surface area contributed by atoms with Gasteiger partial charge in [-0.05, 0) is 38.0 Å². The third-order valence-electron chi connectivity index (χ3n) is 6.14. The van der Waals surface area contributed by atoms with E-state index in [0.717, 1.165) is 0 Å². The Hall–Kier alpha value is -2.91. The highest BCUT2D eigenvalue weighted by Crippen LogP contribution is 2.28. The first-order chi connectivity index (χ1) is 16.7. The molecule has 1 unspecified atom stereocenters. The average Bonchev–Trinajstić information content (AvgIpc) is 3.45. The van der Waals surface area contributed by atoms with Gasteiger partial charge < -0.3 is 24.6 Å². The fourth-order valence-corrected chi connectivity index (χ4v) is 5.02. The molecule has 0 bridgehead atoms. The van der Waals surface area contributed by atoms with Crippen LogP contribution in [0.2, 0.25) is 5.02 Å². The standard InChI is InChI=1S/C24H24ClFN3O5P.FH/c1-14(30)18-12-28(21-10-16(35(33)34)7-8-17(18)21)13-22(31)29-9-3-6-20(29)24(32)27-11-15-4-2-5-19(25)23(15)26;/h2,4-5,7-8,10,12,20,33-34H,3,6,9,11,13H2,1H3,(H,27,32);1H. The summed E-state index contributed by atoms with van der Waals surface area (Å²) < 4.78 is 15.7. The normalized spacial score (nSPS) is 15.3. The van der Waals surface area contributed by atoms with Gasteiger partial charge >= 0.3 is 0 Å². The third-order valence-corrected chi connectivity index (χ3v) is 7.17. The van der Waals surface area contributed by atoms with Crippen LogP contribution >= 0.6 is 20.0 Å². The number of aromatic nitrogens is 1. The molecule has 0 spiro atoms. The minimum atomic E-state index is -2.34. The summed E-state index contributed by atoms with van der Waals surface area (Å²) >= 11 is 5.80. The van der Waals surface area contributed by atoms with Crippen molar-refractivity contribution in [3.05, 3.63) is 64.6 Å². The lowest BCUT2D eigenvalue weighted by Gasteiger charge is -2.24. The molecule has 0 radical (unpaired) electrons. The minimum absolute atomic E-state index is 0. The average molecular weight is 540 g/mol. The Labute approximate surface area is 211 Å². The van der Waals surface area contributed by atoms with Crippen molar-refractivity contribution in [2.45, 2.75) is 38.9 Å². The van der Waals surface area contributed by atoms with E-state index in [4.69, 9.17) is 11.6 Å². The number of halogens is 3. The second kappa shape index (κ2) is 11.4. The Morgan fingerprint density at radius 3 is 2.67 bits per heavy atom. The molecule has 3 N–H and O–H groups in total. The Morgan fingerprint density at radius 1 is 1.22 bits per heavy atom. The molecule has 0 saturated carbocycles. The van der Waals surface area contributed by atoms with E-state index < -0.39 is 20.2 Å². The SMILES string of the molecule is CC(=O)c1cn(CC(=O)N2CCCC2C(=O)NCc2cccc(Cl)c2F)c2cc(P(O)O)ccc12.F. The summed E-state index contributed by atoms with van der Waals surface area (Å²) in [6.07, 6.45) is 2.69. The molecule has 1 fully saturated rings. The van der Waals surface area contributed by atoms with Crippen LogP contribution in [0.3, 0.4) is 0 Å². The van der Waals surface area contributed by atoms with Gasteiger partial charge in [0.2, 0.25) is 11.8 Å². The van der Waals surface area contributed by atoms with E-state index in [1.165, 1.54) is 30.0 Å². The van der Waals surface area contributed by atoms with Crippen molar-refractivity contribution < 1.29 is 33.3 Å². The fraction of sp³-hybridized carbons (Fsp3) is 0.292. The van der Waals surface area contributed by atoms with Gasteiger partial charge in [-0.3, -0.25) is 19.1 Å². The zero-order valence-corrected chi connectivity index (χ0v) is 20.9. The van der Waals surface area contributed by atoms with Crippen molar-refractivity contribution >= 4 is 53.8 Å². The van der Waals surface area contributed by atoms with Crippen LogP contribution in [0.5, 0.6) is 0 Å². The number of amides is 2. The number of hydrogen-bond donors (Lipinski definition) is 3. The molecule has 0 aliphatic carbocycles. The highest BCUT2D eigenvalue weighted by atomic mass is 35.5. The summed E-state index contributed by atoms with van der Waals surface area (Å²) in [6, 6.07) is 8.57. The highest BCUT2D eigenvalue weighted by Gasteiger charge is 2.34. The van der Waals surface area contributed by atoms with Crippen LogP contribution in [-0.2, 0) is 22.7 Å². The molecule has 2 aromatic carbocycles. The molecule has 12 heteroatoms. The molecule has 1 aliphatic rings. The Bertz CT molecular complexity index is 1320. The molecule has 3 aromatic rings. The van der Waals surface area contributed by atoms with Crippen LogP contribution in [0.1, 0.15) is 35.7 Å². The maximum Gasteiger partial charge on any atom is 0.243 e. The number of likely N-dealkylation sites (tertiary alicyclic amines) is 1. The summed E-state index contributed by atoms with van der Waals surface area (Å²) in [5.41, 5.74) is 1.19. The number of benzene rings is 2. The maximum absolute atomic E-state index is 14.1. The summed E-state index contributed by atoms with van der Waals surface area (Å²) in [6.45, 7) is 1.63. The van der Waals surface area contributed by atoms with E-state index in [-0.39, 0.29) is 46.0 Å². The van der Waals surface area contributed by atoms with Gasteiger partial charge in [-0.1, -0.05) is 29.8 Å². The summed E-state index contributed by atoms with van der Waals surface area (Å²) in [5, 5.41) is 3.55. The summed E-state index contributed by atoms with van der Waals surface area (Å²) in [7, 11) is -2.34. The predicted molar refractivity (Wildman–Crippen MR) is 133 cm³/mol. The number of carbonyl (C=O) groups excluding carboxylic acids is 3. The van der Waals surface area contributed by atoms with Gasteiger partial charge in [-0.15, -0.1) is 0 Å². The molecule has 2 heterocycles. The van der Waals surface area contributed by atoms with Crippen molar-refractivity contribution in [3.63, 3.8) is 0 Å². The molecule has 1 aliphatic heterocycles. The zero-order chi connectivity index (χ0) is 25.3. The largest absolute Gasteiger partial charge is 0.350 e. The number of carbonyl (C=O) groups is 3. The number of fused-ring (bicyclic) bond motifs is 1. The quantitative estimate of drug-likeness (QED) is 0.316. The Kier molecular flexibility index (Phi) is 8.79. The van der Waals surface area contributed by atoms with Gasteiger partial charge in [0.1, 0.15) is 18.4 Å². The fourth-order valence-electron chi connectivity index (χ4n) is 4.38. The van der Waals surface area contributed by atoms with Crippen molar-refractivity contribution in [2.75, 3.05) is 6.54 Å². The summed E-state index contributed by atoms with van der Waals surface area (Å²) in [5.74, 6) is -1.48. The lowest BCUT2D eigenvalue weighted by atomic mass is 10.1. The van der Waals surface area contributed by atoms with Crippen LogP contribution in [0, 0.1) is 5.82 Å². The topological polar surface area (TPSA) is 112 Å². The molecule has 1 saturated heterocycles. The Morgan fingerprint density at radius 2 is 1.97 bits per heavy atom. The second-order valence-corrected chi connectivity index (χ2v) is 9.90. The molecular weight excluding hydrogens is 515 g/mol. The molecule has 1 aromatic heterocycles. The molecule has 2 amide bonds. The number of rotatable bonds is 7. The number of nitrogens with one attached hydrogen (secondary N) is 1. The van der Waals surface area contributed by atoms with Gasteiger partial charge in [0, 0.05) is 41.1 Å². The highest BCUT2D eigenvalue weighted by molar-refractivity contribution is 7.54. The predicted octanol–water partition coefficient (Wildman–Crippen LogP) is 3.02. The van der Waals surface area contributed by atoms with Gasteiger partial charge in [0.05, 0.1) is 10.5 Å². The van der Waals surface area contributed by atoms with Crippen molar-refractivity contribution in [3.8, 4) is 0 Å². The maximum atomic E-state index is 14.1. The van der Waals surface area contributed by atoms with Crippen molar-refractivity contribution in [2.24, 2.45) is 0 Å². The van der Waals surface area contributed by atoms with Crippen molar-refractivity contribution in [1.82, 2.24) is 14.8 Å². The zero-order valence-electron chi connectivity index (χ0n) is 19.3. The van der Waals surface area contributed by atoms with E-state index in [0.29, 0.717) is 41.2 Å². The monoisotopic (exact) mass is 539 g/mol. The van der Waals surface area contributed by atoms with Gasteiger partial charge in [-0.2, -0.15) is 0 Å². The molecular formula is C24H25ClF2N3O5P. The summed E-state index contributed by atoms with van der Waals surface area (Å²) in [4.78, 5) is 58.9. The van der Waals surface area contributed by atoms with E-state index in [1.807, 2.05) is 0 Å². The van der Waals surface area contributed by atoms with Crippen LogP contribution in [-0.4, -0.2) is 49.4 Å². The number of hydrogen-bond acceptors (Lipinski definition) is 5. The third kappa shape index (κ3) is 5.57. The molecule has 1 atom stereocenters. The smallest absolute Gasteiger partial charge is 0.243 e. The van der Waals surface area contributed by atoms with E-state index in [2.05, 4.69) is 5.32 Å². The van der Waals surface area contributed by atoms with E-state index >= 15 is 0 Å². The minimum Gasteiger partial charge on any atom is -0.350 e. The van der Waals surface area contributed by atoms with Crippen LogP contribution in [0.4, 0.5) is 9.09 Å². The van der Waals surface area contributed by atoms with E-state index in [1.54, 1.807) is 29.0 Å². The van der Waals surface area contributed by atoms with Gasteiger partial charge in [0.15, 0.2) is 14.2 Å². The number of nitrogens with zero attached hydrogens (tertiary/aromatic N) is 2. The molecule has 36 heavy (non-hydrogen) atoms. The first kappa shape index (κ1) is 27.7. The first-order valence-corrected chi connectivity index (χ1v) is 12.6. The van der Waals surface area contributed by atoms with Crippen LogP contribution < -0.4 is 10.6 Å². The van der Waals surface area contributed by atoms with E-state index in [9.17, 15) is 28.6 Å². The molecule has 4 rings (SSSR count). The van der Waals surface area contributed by atoms with Crippen LogP contribution in [0.15, 0.2) is 42.6 Å². The van der Waals surface area contributed by atoms with Gasteiger partial charge in [-0.25, -0.2) is 4.39 Å². The molecule has 8 nitrogen and oxygen atoms in total. The van der Waals surface area contributed by atoms with Crippen molar-refractivity contribution in [1.29, 1.82) is 0 Å². The molecule has 192 valence electrons. The van der Waals surface area contributed by atoms with Gasteiger partial charge in [0.25, 0.3) is 0 Å². The lowest BCUT2D eigenvalue weighted by molar-refractivity contribution is -0.138. The Balaban J connectivity index is 0.00000361. The lowest BCUT2D eigenvalue weighted by Crippen LogP contribution is -2.46. The van der Waals surface area contributed by atoms with Crippen LogP contribution in [0.25, 0.3) is 10.9 Å². The first-order valence-electron chi connectivity index (χ1n) is 11.0. The number of ketones is 1. The second-order valence-electron chi connectivity index (χ2n) is 8.39.